The van der Waals surface area contributed by atoms with Gasteiger partial charge in [-0.25, -0.2) is 9.48 Å². The lowest BCUT2D eigenvalue weighted by molar-refractivity contribution is -0.144. The van der Waals surface area contributed by atoms with E-state index < -0.39 is 12.1 Å². The molecule has 1 heterocycles. The molecule has 1 atom stereocenters. The molecule has 0 spiro atoms. The first-order chi connectivity index (χ1) is 12.1. The van der Waals surface area contributed by atoms with Crippen molar-refractivity contribution in [2.24, 2.45) is 7.05 Å². The number of hydrogen-bond acceptors (Lipinski definition) is 4. The number of benzene rings is 1. The van der Waals surface area contributed by atoms with Gasteiger partial charge in [-0.2, -0.15) is 5.10 Å². The summed E-state index contributed by atoms with van der Waals surface area (Å²) >= 11 is 12.3. The van der Waals surface area contributed by atoms with Crippen molar-refractivity contribution in [1.82, 2.24) is 9.78 Å². The minimum atomic E-state index is -1.11. The van der Waals surface area contributed by atoms with E-state index >= 15 is 0 Å². The van der Waals surface area contributed by atoms with E-state index in [1.54, 1.807) is 17.8 Å². The molecule has 8 heteroatoms. The highest BCUT2D eigenvalue weighted by molar-refractivity contribution is 6.36. The summed E-state index contributed by atoms with van der Waals surface area (Å²) in [7, 11) is 1.75. The van der Waals surface area contributed by atoms with Crippen LogP contribution in [0.25, 0.3) is 6.08 Å². The molecule has 0 fully saturated rings. The van der Waals surface area contributed by atoms with Crippen molar-refractivity contribution in [1.29, 1.82) is 0 Å². The average Bonchev–Trinajstić information content (AvgIpc) is 2.87. The van der Waals surface area contributed by atoms with Gasteiger partial charge in [-0.05, 0) is 18.9 Å². The fourth-order valence-corrected chi connectivity index (χ4v) is 2.77. The summed E-state index contributed by atoms with van der Waals surface area (Å²) in [6.07, 6.45) is 0.597. The van der Waals surface area contributed by atoms with Gasteiger partial charge in [0.15, 0.2) is 11.9 Å². The molecule has 0 unspecified atom stereocenters. The van der Waals surface area contributed by atoms with Crippen LogP contribution < -0.4 is 9.47 Å². The van der Waals surface area contributed by atoms with E-state index in [1.807, 2.05) is 13.8 Å². The van der Waals surface area contributed by atoms with Crippen molar-refractivity contribution in [3.05, 3.63) is 40.0 Å². The number of ether oxygens (including phenoxy) is 2. The van der Waals surface area contributed by atoms with Crippen LogP contribution in [0.3, 0.4) is 0 Å². The Hall–Kier alpha value is -2.18. The molecule has 1 aromatic heterocycles. The van der Waals surface area contributed by atoms with Gasteiger partial charge in [0.2, 0.25) is 5.88 Å². The van der Waals surface area contributed by atoms with Crippen molar-refractivity contribution < 1.29 is 19.4 Å². The van der Waals surface area contributed by atoms with Crippen LogP contribution in [-0.2, 0) is 11.8 Å². The maximum absolute atomic E-state index is 11.0. The zero-order valence-corrected chi connectivity index (χ0v) is 16.4. The maximum Gasteiger partial charge on any atom is 0.344 e. The number of carbonyl (C=O) groups is 1. The number of aromatic nitrogens is 2. The van der Waals surface area contributed by atoms with Crippen LogP contribution in [0, 0.1) is 0 Å². The minimum Gasteiger partial charge on any atom is -0.479 e. The SMILES string of the molecule is C=Cc1c(C(C)C)nn(C)c1Oc1cc(O[C@@H](C)C(=O)O)c(Cl)cc1Cl. The highest BCUT2D eigenvalue weighted by Gasteiger charge is 2.21. The highest BCUT2D eigenvalue weighted by Crippen LogP contribution is 2.40. The molecule has 140 valence electrons. The smallest absolute Gasteiger partial charge is 0.344 e. The lowest BCUT2D eigenvalue weighted by Crippen LogP contribution is -2.23. The highest BCUT2D eigenvalue weighted by atomic mass is 35.5. The van der Waals surface area contributed by atoms with E-state index in [2.05, 4.69) is 11.7 Å². The predicted molar refractivity (Wildman–Crippen MR) is 102 cm³/mol. The topological polar surface area (TPSA) is 73.6 Å². The van der Waals surface area contributed by atoms with E-state index in [0.717, 1.165) is 11.3 Å². The van der Waals surface area contributed by atoms with Crippen molar-refractivity contribution in [2.45, 2.75) is 32.8 Å². The Morgan fingerprint density at radius 1 is 1.27 bits per heavy atom. The summed E-state index contributed by atoms with van der Waals surface area (Å²) in [6.45, 7) is 9.27. The third kappa shape index (κ3) is 4.14. The molecule has 0 amide bonds. The Morgan fingerprint density at radius 2 is 1.88 bits per heavy atom. The van der Waals surface area contributed by atoms with E-state index in [0.29, 0.717) is 5.88 Å². The fraction of sp³-hybridized carbons (Fsp3) is 0.333. The van der Waals surface area contributed by atoms with Crippen LogP contribution >= 0.6 is 23.2 Å². The van der Waals surface area contributed by atoms with Crippen molar-refractivity contribution in [3.8, 4) is 17.4 Å². The second kappa shape index (κ2) is 8.01. The number of rotatable bonds is 7. The summed E-state index contributed by atoms with van der Waals surface area (Å²) in [4.78, 5) is 11.0. The lowest BCUT2D eigenvalue weighted by Gasteiger charge is -2.15. The molecule has 6 nitrogen and oxygen atoms in total. The van der Waals surface area contributed by atoms with Crippen molar-refractivity contribution >= 4 is 35.2 Å². The van der Waals surface area contributed by atoms with E-state index in [-0.39, 0.29) is 27.5 Å². The number of carboxylic acids is 1. The molecule has 1 aromatic carbocycles. The Balaban J connectivity index is 2.44. The molecule has 0 aliphatic carbocycles. The quantitative estimate of drug-likeness (QED) is 0.698. The molecule has 0 aliphatic heterocycles. The van der Waals surface area contributed by atoms with Crippen LogP contribution in [0.5, 0.6) is 17.4 Å². The van der Waals surface area contributed by atoms with Gasteiger partial charge >= 0.3 is 5.97 Å². The number of carboxylic acid groups (broad SMARTS) is 1. The molecular weight excluding hydrogens is 379 g/mol. The Kier molecular flexibility index (Phi) is 6.21. The summed E-state index contributed by atoms with van der Waals surface area (Å²) in [5, 5.41) is 13.9. The van der Waals surface area contributed by atoms with Gasteiger partial charge in [-0.1, -0.05) is 49.7 Å². The molecule has 1 N–H and O–H groups in total. The van der Waals surface area contributed by atoms with Gasteiger partial charge in [0.05, 0.1) is 21.3 Å². The summed E-state index contributed by atoms with van der Waals surface area (Å²) in [6, 6.07) is 2.90. The number of aryl methyl sites for hydroxylation is 1. The third-order valence-electron chi connectivity index (χ3n) is 3.65. The molecule has 0 saturated heterocycles. The number of hydrogen-bond donors (Lipinski definition) is 1. The first-order valence-corrected chi connectivity index (χ1v) is 8.67. The monoisotopic (exact) mass is 398 g/mol. The average molecular weight is 399 g/mol. The molecule has 2 aromatic rings. The lowest BCUT2D eigenvalue weighted by atomic mass is 10.1. The summed E-state index contributed by atoms with van der Waals surface area (Å²) in [5.41, 5.74) is 1.61. The first kappa shape index (κ1) is 20.1. The first-order valence-electron chi connectivity index (χ1n) is 7.91. The molecule has 0 saturated carbocycles. The Bertz CT molecular complexity index is 846. The second-order valence-electron chi connectivity index (χ2n) is 6.00. The normalized spacial score (nSPS) is 12.1. The Morgan fingerprint density at radius 3 is 2.42 bits per heavy atom. The standard InChI is InChI=1S/C18H20Cl2N2O4/c1-6-11-16(9(2)3)21-22(5)17(11)26-15-8-14(12(19)7-13(15)20)25-10(4)18(23)24/h6-10H,1H2,2-5H3,(H,23,24)/t10-/m0/s1. The Labute approximate surface area is 161 Å². The molecule has 2 rings (SSSR count). The summed E-state index contributed by atoms with van der Waals surface area (Å²) < 4.78 is 12.9. The zero-order chi connectivity index (χ0) is 19.6. The largest absolute Gasteiger partial charge is 0.479 e. The maximum atomic E-state index is 11.0. The minimum absolute atomic E-state index is 0.160. The number of halogens is 2. The van der Waals surface area contributed by atoms with Gasteiger partial charge in [-0.3, -0.25) is 0 Å². The van der Waals surface area contributed by atoms with Crippen LogP contribution in [0.4, 0.5) is 0 Å². The number of aliphatic carboxylic acids is 1. The number of nitrogens with zero attached hydrogens (tertiary/aromatic N) is 2. The van der Waals surface area contributed by atoms with Crippen LogP contribution in [-0.4, -0.2) is 27.0 Å². The molecule has 0 bridgehead atoms. The van der Waals surface area contributed by atoms with Gasteiger partial charge in [-0.15, -0.1) is 0 Å². The molecule has 26 heavy (non-hydrogen) atoms. The van der Waals surface area contributed by atoms with E-state index in [9.17, 15) is 4.79 Å². The second-order valence-corrected chi connectivity index (χ2v) is 6.81. The van der Waals surface area contributed by atoms with Crippen molar-refractivity contribution in [2.75, 3.05) is 0 Å². The van der Waals surface area contributed by atoms with Crippen LogP contribution in [0.1, 0.15) is 37.9 Å². The van der Waals surface area contributed by atoms with Crippen LogP contribution in [0.2, 0.25) is 10.0 Å². The van der Waals surface area contributed by atoms with Gasteiger partial charge in [0, 0.05) is 13.1 Å². The van der Waals surface area contributed by atoms with Gasteiger partial charge in [0.25, 0.3) is 0 Å². The molecule has 0 radical (unpaired) electrons. The predicted octanol–water partition coefficient (Wildman–Crippen LogP) is 5.14. The summed E-state index contributed by atoms with van der Waals surface area (Å²) in [5.74, 6) is -0.0363. The van der Waals surface area contributed by atoms with E-state index in [4.69, 9.17) is 37.8 Å². The third-order valence-corrected chi connectivity index (χ3v) is 4.24. The van der Waals surface area contributed by atoms with Crippen LogP contribution in [0.15, 0.2) is 18.7 Å². The van der Waals surface area contributed by atoms with E-state index in [1.165, 1.54) is 19.1 Å². The molecular formula is C18H20Cl2N2O4. The zero-order valence-electron chi connectivity index (χ0n) is 14.9. The van der Waals surface area contributed by atoms with Gasteiger partial charge in [0.1, 0.15) is 5.75 Å². The molecule has 0 aliphatic rings. The fourth-order valence-electron chi connectivity index (χ4n) is 2.31. The van der Waals surface area contributed by atoms with Gasteiger partial charge < -0.3 is 14.6 Å². The van der Waals surface area contributed by atoms with Crippen molar-refractivity contribution in [3.63, 3.8) is 0 Å².